The number of likely N-dealkylation sites (N-methyl/N-ethyl adjacent to an activating group) is 1. The van der Waals surface area contributed by atoms with E-state index in [0.717, 1.165) is 60.7 Å². The van der Waals surface area contributed by atoms with Crippen LogP contribution in [-0.2, 0) is 52.6 Å². The normalized spacial score (nSPS) is 28.2. The first-order valence-corrected chi connectivity index (χ1v) is 31.6. The molecule has 2 fully saturated rings. The summed E-state index contributed by atoms with van der Waals surface area (Å²) in [4.78, 5) is 116. The number of nitrogens with two attached hydrogens (primary N) is 1. The molecule has 34 heteroatoms. The van der Waals surface area contributed by atoms with E-state index in [4.69, 9.17) is 57.4 Å². The molecule has 5 aromatic rings. The van der Waals surface area contributed by atoms with E-state index in [9.17, 15) is 69.9 Å². The summed E-state index contributed by atoms with van der Waals surface area (Å²) in [5.41, 5.74) is 3.45. The van der Waals surface area contributed by atoms with Gasteiger partial charge in [-0.2, -0.15) is 12.1 Å². The van der Waals surface area contributed by atoms with Crippen LogP contribution in [-0.4, -0.2) is 180 Å². The molecule has 0 spiro atoms. The third kappa shape index (κ3) is 16.4. The number of aliphatic carboxylic acids is 1. The van der Waals surface area contributed by atoms with Gasteiger partial charge in [-0.3, -0.25) is 38.4 Å². The van der Waals surface area contributed by atoms with Gasteiger partial charge in [-0.1, -0.05) is 60.8 Å². The maximum atomic E-state index is 16.0. The van der Waals surface area contributed by atoms with Gasteiger partial charge < -0.3 is 117 Å². The van der Waals surface area contributed by atoms with Gasteiger partial charge in [0.1, 0.15) is 84.0 Å². The Hall–Kier alpha value is -7.96. The van der Waals surface area contributed by atoms with Gasteiger partial charge in [0.05, 0.1) is 41.3 Å². The third-order valence-electron chi connectivity index (χ3n) is 17.2. The molecule has 18 N–H and O–H groups in total. The summed E-state index contributed by atoms with van der Waals surface area (Å²) in [6, 6.07) is 3.12. The smallest absolute Gasteiger partial charge is 0.565 e. The Labute approximate surface area is 596 Å². The summed E-state index contributed by atoms with van der Waals surface area (Å²) in [7, 11) is 1.48. The average molecular weight is 1430 g/mol. The molecule has 11 bridgehead atoms. The van der Waals surface area contributed by atoms with Crippen LogP contribution in [0.3, 0.4) is 0 Å². The van der Waals surface area contributed by atoms with Crippen molar-refractivity contribution < 1.29 is 142 Å². The summed E-state index contributed by atoms with van der Waals surface area (Å²) in [5.74, 6) is -14.5. The first-order valence-electron chi connectivity index (χ1n) is 30.9. The molecular formula is C65H71Cl2N8NaO23. The number of ether oxygens (including phenoxy) is 6. The molecule has 99 heavy (non-hydrogen) atoms. The minimum atomic E-state index is -2.30. The standard InChI is InChI=1S/C65H71Cl2N8O23.Na/c1-24(2)16-34(69-4)58(85)74-50-52(81)27-9-13-39(32(66)18-27)94-41-20-29-21-42(56(41)98-65-57(55(84)54(83)43(23-76)96-65)97-45-15-12-36(77)25(3)93-45)95-40-14-10-28(19-33(40)67)53(82)51-63(90)73-49(64(91)92)30-6-5-7-38(79)46(30)31-17-26(8-11-37(31)78)47(60(87)75-51)72-61(88)48(29)71-59(86)35(22-44(68)80)70-62(50)89;/h6-11,13-14,17-21,24-25,34-36,43,45,47-55,57,65,69,76-79,81-84H,12,15-16,22-23H2,1-4H3,(H2,68,80)(H,70,89)(H,71,86)(H,72,88)(H,73,90)(H,74,85)(H,75,87)(H,91,92);/q-1;+1/t25?,34-,35+,36?,43?,45?,47?,48-,49+,50-,51+,52-,53-,54?,55?,57?,65?;/m1./s1. The number of carbonyl (C=O) groups is 8. The number of phenolic OH excluding ortho intramolecular Hbond substituents is 2. The number of hydrogen-bond acceptors (Lipinski definition) is 23. The fourth-order valence-corrected chi connectivity index (χ4v) is 12.4. The maximum Gasteiger partial charge on any atom is 1.00 e. The van der Waals surface area contributed by atoms with Gasteiger partial charge in [-0.05, 0) is 104 Å². The van der Waals surface area contributed by atoms with Crippen molar-refractivity contribution in [2.75, 3.05) is 13.7 Å². The van der Waals surface area contributed by atoms with Crippen molar-refractivity contribution in [3.63, 3.8) is 0 Å². The van der Waals surface area contributed by atoms with Crippen molar-refractivity contribution in [1.29, 1.82) is 0 Å². The quantitative estimate of drug-likeness (QED) is 0.0442. The Bertz CT molecular complexity index is 3930. The molecular weight excluding hydrogens is 1350 g/mol. The zero-order valence-corrected chi connectivity index (χ0v) is 57.0. The fraction of sp³-hybridized carbons (Fsp3) is 0.415. The van der Waals surface area contributed by atoms with Crippen molar-refractivity contribution >= 4 is 70.5 Å². The van der Waals surface area contributed by atoms with Crippen LogP contribution in [0.1, 0.15) is 105 Å². The van der Waals surface area contributed by atoms with E-state index in [0.29, 0.717) is 0 Å². The van der Waals surface area contributed by atoms with Gasteiger partial charge in [-0.15, -0.1) is 11.6 Å². The summed E-state index contributed by atoms with van der Waals surface area (Å²) in [5, 5.41) is 119. The van der Waals surface area contributed by atoms with Crippen molar-refractivity contribution in [2.45, 2.75) is 150 Å². The number of rotatable bonds is 13. The van der Waals surface area contributed by atoms with Crippen LogP contribution >= 0.6 is 23.2 Å². The summed E-state index contributed by atoms with van der Waals surface area (Å²) in [6.07, 6.45) is -17.0. The average Bonchev–Trinajstić information content (AvgIpc) is 0.774. The molecule has 7 aliphatic heterocycles. The van der Waals surface area contributed by atoms with Gasteiger partial charge >= 0.3 is 35.5 Å². The number of nitrogens with one attached hydrogen (secondary N) is 7. The van der Waals surface area contributed by atoms with E-state index in [1.165, 1.54) is 25.2 Å². The van der Waals surface area contributed by atoms with Crippen molar-refractivity contribution in [2.24, 2.45) is 11.7 Å². The second-order valence-corrected chi connectivity index (χ2v) is 25.3. The maximum absolute atomic E-state index is 16.0. The van der Waals surface area contributed by atoms with Gasteiger partial charge in [0.2, 0.25) is 53.4 Å². The number of phenols is 2. The Morgan fingerprint density at radius 3 is 1.93 bits per heavy atom. The van der Waals surface area contributed by atoms with Crippen LogP contribution in [0.15, 0.2) is 78.9 Å². The zero-order valence-electron chi connectivity index (χ0n) is 53.5. The number of aliphatic hydroxyl groups is 6. The topological polar surface area (TPSA) is 484 Å². The molecule has 7 heterocycles. The molecule has 524 valence electrons. The first-order chi connectivity index (χ1) is 46.5. The largest absolute Gasteiger partial charge is 1.00 e. The number of primary amides is 1. The molecule has 17 atom stereocenters. The first kappa shape index (κ1) is 75.2. The minimum Gasteiger partial charge on any atom is -0.565 e. The number of carboxylic acids is 1. The molecule has 5 aromatic carbocycles. The van der Waals surface area contributed by atoms with E-state index in [-0.39, 0.29) is 99.1 Å². The Kier molecular flexibility index (Phi) is 24.1. The van der Waals surface area contributed by atoms with Crippen LogP contribution in [0.2, 0.25) is 10.0 Å². The molecule has 12 rings (SSSR count). The Balaban J connectivity index is 0.0000114. The van der Waals surface area contributed by atoms with Gasteiger partial charge in [-0.25, -0.2) is 0 Å². The molecule has 2 saturated heterocycles. The number of aliphatic hydroxyl groups excluding tert-OH is 6. The number of amides is 7. The number of hydrogen-bond donors (Lipinski definition) is 17. The third-order valence-corrected chi connectivity index (χ3v) is 17.7. The molecule has 0 radical (unpaired) electrons. The SMILES string of the molecule is CN[C@H](CC(C)C)C(=O)N[C@H]1C(=O)N[C@@H](CC(N)=O)C(=O)N[C@H]2C(=O)NC3C(=O)N[C@H](C(=O)N[C@H](C(=O)O)c4c[c-]cc(O)c4-c4cc3ccc4O)[C@H](O)c3ccc(c(Cl)c3)Oc3cc2cc(c3OC2OC(CO)C(O)C(O)C2OC2CCC(O)C(C)O2)Oc2ccc(cc2Cl)[C@H]1O.[Na+]. The van der Waals surface area contributed by atoms with Crippen molar-refractivity contribution in [1.82, 2.24) is 37.2 Å². The Morgan fingerprint density at radius 1 is 0.717 bits per heavy atom. The van der Waals surface area contributed by atoms with Gasteiger partial charge in [0.25, 0.3) is 0 Å². The Morgan fingerprint density at radius 2 is 1.33 bits per heavy atom. The van der Waals surface area contributed by atoms with E-state index >= 15 is 14.4 Å². The van der Waals surface area contributed by atoms with E-state index in [1.807, 2.05) is 13.8 Å². The van der Waals surface area contributed by atoms with Crippen LogP contribution < -0.4 is 86.7 Å². The number of carbonyl (C=O) groups excluding carboxylic acids is 7. The molecule has 9 unspecified atom stereocenters. The summed E-state index contributed by atoms with van der Waals surface area (Å²) < 4.78 is 38.2. The zero-order chi connectivity index (χ0) is 70.9. The van der Waals surface area contributed by atoms with Gasteiger partial charge in [0.15, 0.2) is 23.9 Å². The van der Waals surface area contributed by atoms with Crippen LogP contribution in [0, 0.1) is 12.0 Å². The molecule has 31 nitrogen and oxygen atoms in total. The van der Waals surface area contributed by atoms with Crippen LogP contribution in [0.4, 0.5) is 0 Å². The monoisotopic (exact) mass is 1420 g/mol. The number of fused-ring (bicyclic) bond motifs is 15. The van der Waals surface area contributed by atoms with Crippen molar-refractivity contribution in [3.05, 3.63) is 123 Å². The van der Waals surface area contributed by atoms with Crippen molar-refractivity contribution in [3.8, 4) is 51.4 Å². The van der Waals surface area contributed by atoms with E-state index in [1.54, 1.807) is 6.92 Å². The van der Waals surface area contributed by atoms with Crippen LogP contribution in [0.5, 0.6) is 40.2 Å². The molecule has 0 aliphatic carbocycles. The molecule has 0 saturated carbocycles. The number of aromatic hydroxyl groups is 2. The predicted octanol–water partition coefficient (Wildman–Crippen LogP) is -2.12. The van der Waals surface area contributed by atoms with E-state index < -0.39 is 209 Å². The minimum absolute atomic E-state index is 0. The number of carboxylic acid groups (broad SMARTS) is 1. The molecule has 7 aliphatic rings. The predicted molar refractivity (Wildman–Crippen MR) is 338 cm³/mol. The molecule has 7 amide bonds. The number of halogens is 2. The second-order valence-electron chi connectivity index (χ2n) is 24.4. The fourth-order valence-electron chi connectivity index (χ4n) is 11.9. The summed E-state index contributed by atoms with van der Waals surface area (Å²) >= 11 is 14.1. The summed E-state index contributed by atoms with van der Waals surface area (Å²) in [6.45, 7) is 4.28. The van der Waals surface area contributed by atoms with Gasteiger partial charge in [0, 0.05) is 17.7 Å². The second kappa shape index (κ2) is 31.7. The van der Waals surface area contributed by atoms with Crippen LogP contribution in [0.25, 0.3) is 11.1 Å². The molecule has 0 aromatic heterocycles. The van der Waals surface area contributed by atoms with E-state index in [2.05, 4.69) is 43.3 Å². The number of benzene rings is 5.